The molecular weight excluding hydrogens is 260 g/mol. The van der Waals surface area contributed by atoms with Crippen LogP contribution >= 0.6 is 0 Å². The highest BCUT2D eigenvalue weighted by Crippen LogP contribution is 2.16. The van der Waals surface area contributed by atoms with E-state index in [0.29, 0.717) is 11.8 Å². The summed E-state index contributed by atoms with van der Waals surface area (Å²) in [7, 11) is 2.19. The topological polar surface area (TPSA) is 25.4 Å². The minimum Gasteiger partial charge on any atom is -0.492 e. The maximum absolute atomic E-state index is 5.67. The van der Waals surface area contributed by atoms with E-state index in [9.17, 15) is 0 Å². The first-order valence-electron chi connectivity index (χ1n) is 7.97. The number of hydrogen-bond donors (Lipinski definition) is 0. The van der Waals surface area contributed by atoms with Crippen LogP contribution in [-0.4, -0.2) is 35.6 Å². The van der Waals surface area contributed by atoms with Gasteiger partial charge in [-0.3, -0.25) is 4.98 Å². The molecule has 0 radical (unpaired) electrons. The SMILES string of the molecule is CC(C)COc1ccc(CC(C)CN(C)C(C)(C)C)nc1. The molecule has 0 aromatic carbocycles. The second kappa shape index (κ2) is 7.79. The van der Waals surface area contributed by atoms with Crippen LogP contribution in [0.3, 0.4) is 0 Å². The molecule has 0 saturated heterocycles. The molecule has 0 saturated carbocycles. The number of rotatable bonds is 7. The summed E-state index contributed by atoms with van der Waals surface area (Å²) in [6, 6.07) is 4.12. The minimum atomic E-state index is 0.218. The molecule has 1 rings (SSSR count). The lowest BCUT2D eigenvalue weighted by molar-refractivity contribution is 0.152. The summed E-state index contributed by atoms with van der Waals surface area (Å²) in [5, 5.41) is 0. The van der Waals surface area contributed by atoms with Crippen LogP contribution in [-0.2, 0) is 6.42 Å². The largest absolute Gasteiger partial charge is 0.492 e. The molecule has 0 amide bonds. The first-order valence-corrected chi connectivity index (χ1v) is 7.97. The van der Waals surface area contributed by atoms with Gasteiger partial charge < -0.3 is 9.64 Å². The van der Waals surface area contributed by atoms with Crippen molar-refractivity contribution in [1.82, 2.24) is 9.88 Å². The molecule has 0 bridgehead atoms. The molecule has 0 aliphatic heterocycles. The van der Waals surface area contributed by atoms with Gasteiger partial charge in [-0.2, -0.15) is 0 Å². The maximum Gasteiger partial charge on any atom is 0.137 e. The van der Waals surface area contributed by atoms with E-state index in [-0.39, 0.29) is 5.54 Å². The van der Waals surface area contributed by atoms with Crippen LogP contribution in [0.25, 0.3) is 0 Å². The number of hydrogen-bond acceptors (Lipinski definition) is 3. The van der Waals surface area contributed by atoms with Gasteiger partial charge >= 0.3 is 0 Å². The molecule has 1 atom stereocenters. The molecule has 0 aliphatic carbocycles. The molecule has 3 heteroatoms. The molecule has 120 valence electrons. The molecular formula is C18H32N2O. The van der Waals surface area contributed by atoms with Crippen LogP contribution in [0.15, 0.2) is 18.3 Å². The third-order valence-corrected chi connectivity index (χ3v) is 3.67. The first kappa shape index (κ1) is 18.0. The molecule has 1 unspecified atom stereocenters. The van der Waals surface area contributed by atoms with Crippen LogP contribution < -0.4 is 4.74 Å². The van der Waals surface area contributed by atoms with Crippen LogP contribution in [0.5, 0.6) is 5.75 Å². The second-order valence-electron chi connectivity index (χ2n) is 7.55. The molecule has 21 heavy (non-hydrogen) atoms. The standard InChI is InChI=1S/C18H32N2O/c1-14(2)13-21-17-9-8-16(19-11-17)10-15(3)12-20(7)18(4,5)6/h8-9,11,14-15H,10,12-13H2,1-7H3. The summed E-state index contributed by atoms with van der Waals surface area (Å²) in [5.74, 6) is 1.99. The number of pyridine rings is 1. The van der Waals surface area contributed by atoms with E-state index in [0.717, 1.165) is 31.0 Å². The number of ether oxygens (including phenoxy) is 1. The van der Waals surface area contributed by atoms with Crippen molar-refractivity contribution in [3.05, 3.63) is 24.0 Å². The quantitative estimate of drug-likeness (QED) is 0.759. The molecule has 0 fully saturated rings. The summed E-state index contributed by atoms with van der Waals surface area (Å²) in [5.41, 5.74) is 1.36. The lowest BCUT2D eigenvalue weighted by Crippen LogP contribution is -2.41. The highest BCUT2D eigenvalue weighted by molar-refractivity contribution is 5.20. The molecule has 0 aliphatic rings. The van der Waals surface area contributed by atoms with Crippen molar-refractivity contribution in [3.8, 4) is 5.75 Å². The average molecular weight is 292 g/mol. The molecule has 0 N–H and O–H groups in total. The smallest absolute Gasteiger partial charge is 0.137 e. The third kappa shape index (κ3) is 6.94. The number of aromatic nitrogens is 1. The van der Waals surface area contributed by atoms with E-state index < -0.39 is 0 Å². The fraction of sp³-hybridized carbons (Fsp3) is 0.722. The van der Waals surface area contributed by atoms with Crippen LogP contribution in [0.2, 0.25) is 0 Å². The highest BCUT2D eigenvalue weighted by Gasteiger charge is 2.19. The van der Waals surface area contributed by atoms with Gasteiger partial charge in [-0.05, 0) is 58.2 Å². The maximum atomic E-state index is 5.67. The van der Waals surface area contributed by atoms with Gasteiger partial charge in [-0.15, -0.1) is 0 Å². The fourth-order valence-corrected chi connectivity index (χ4v) is 2.04. The Labute approximate surface area is 130 Å². The Morgan fingerprint density at radius 2 is 1.86 bits per heavy atom. The summed E-state index contributed by atoms with van der Waals surface area (Å²) < 4.78 is 5.67. The first-order chi connectivity index (χ1) is 9.68. The molecule has 1 aromatic rings. The summed E-state index contributed by atoms with van der Waals surface area (Å²) >= 11 is 0. The van der Waals surface area contributed by atoms with E-state index in [1.807, 2.05) is 12.3 Å². The van der Waals surface area contributed by atoms with E-state index in [1.165, 1.54) is 0 Å². The summed E-state index contributed by atoms with van der Waals surface area (Å²) in [4.78, 5) is 6.92. The van der Waals surface area contributed by atoms with Crippen LogP contribution in [0.4, 0.5) is 0 Å². The Kier molecular flexibility index (Phi) is 6.66. The Balaban J connectivity index is 2.48. The van der Waals surface area contributed by atoms with Crippen molar-refractivity contribution in [3.63, 3.8) is 0 Å². The van der Waals surface area contributed by atoms with Crippen molar-refractivity contribution in [2.24, 2.45) is 11.8 Å². The fourth-order valence-electron chi connectivity index (χ4n) is 2.04. The predicted octanol–water partition coefficient (Wildman–Crippen LogP) is 4.03. The van der Waals surface area contributed by atoms with Gasteiger partial charge in [0.25, 0.3) is 0 Å². The van der Waals surface area contributed by atoms with Gasteiger partial charge in [-0.25, -0.2) is 0 Å². The van der Waals surface area contributed by atoms with Gasteiger partial charge in [0.15, 0.2) is 0 Å². The zero-order valence-corrected chi connectivity index (χ0v) is 14.8. The van der Waals surface area contributed by atoms with E-state index in [2.05, 4.69) is 64.5 Å². The highest BCUT2D eigenvalue weighted by atomic mass is 16.5. The zero-order valence-electron chi connectivity index (χ0n) is 14.8. The van der Waals surface area contributed by atoms with Gasteiger partial charge in [0.1, 0.15) is 5.75 Å². The van der Waals surface area contributed by atoms with Crippen molar-refractivity contribution in [2.45, 2.75) is 53.5 Å². The van der Waals surface area contributed by atoms with Crippen LogP contribution in [0, 0.1) is 11.8 Å². The lowest BCUT2D eigenvalue weighted by Gasteiger charge is -2.33. The van der Waals surface area contributed by atoms with E-state index in [1.54, 1.807) is 0 Å². The molecule has 3 nitrogen and oxygen atoms in total. The van der Waals surface area contributed by atoms with Gasteiger partial charge in [0.2, 0.25) is 0 Å². The Morgan fingerprint density at radius 1 is 1.19 bits per heavy atom. The monoisotopic (exact) mass is 292 g/mol. The molecule has 0 spiro atoms. The second-order valence-corrected chi connectivity index (χ2v) is 7.55. The van der Waals surface area contributed by atoms with Gasteiger partial charge in [0.05, 0.1) is 12.8 Å². The lowest BCUT2D eigenvalue weighted by atomic mass is 10.0. The summed E-state index contributed by atoms with van der Waals surface area (Å²) in [6.45, 7) is 15.2. The van der Waals surface area contributed by atoms with Crippen molar-refractivity contribution in [1.29, 1.82) is 0 Å². The Hall–Kier alpha value is -1.09. The Morgan fingerprint density at radius 3 is 2.33 bits per heavy atom. The third-order valence-electron chi connectivity index (χ3n) is 3.67. The average Bonchev–Trinajstić information content (AvgIpc) is 2.36. The van der Waals surface area contributed by atoms with E-state index in [4.69, 9.17) is 4.74 Å². The number of nitrogens with zero attached hydrogens (tertiary/aromatic N) is 2. The van der Waals surface area contributed by atoms with Crippen molar-refractivity contribution >= 4 is 0 Å². The summed E-state index contributed by atoms with van der Waals surface area (Å²) in [6.07, 6.45) is 2.85. The van der Waals surface area contributed by atoms with Crippen molar-refractivity contribution in [2.75, 3.05) is 20.2 Å². The molecule has 1 aromatic heterocycles. The molecule has 1 heterocycles. The normalized spacial score (nSPS) is 13.8. The minimum absolute atomic E-state index is 0.218. The predicted molar refractivity (Wildman–Crippen MR) is 89.8 cm³/mol. The van der Waals surface area contributed by atoms with Crippen LogP contribution in [0.1, 0.15) is 47.2 Å². The van der Waals surface area contributed by atoms with Crippen molar-refractivity contribution < 1.29 is 4.74 Å². The van der Waals surface area contributed by atoms with E-state index >= 15 is 0 Å². The van der Waals surface area contributed by atoms with Gasteiger partial charge in [-0.1, -0.05) is 20.8 Å². The van der Waals surface area contributed by atoms with Gasteiger partial charge in [0, 0.05) is 17.8 Å². The Bertz CT molecular complexity index is 406. The zero-order chi connectivity index (χ0) is 16.0.